The van der Waals surface area contributed by atoms with Crippen LogP contribution in [-0.2, 0) is 0 Å². The number of hydrogen-bond donors (Lipinski definition) is 1. The van der Waals surface area contributed by atoms with Gasteiger partial charge in [-0.15, -0.1) is 0 Å². The summed E-state index contributed by atoms with van der Waals surface area (Å²) >= 11 is 0. The van der Waals surface area contributed by atoms with Crippen LogP contribution in [0.3, 0.4) is 0 Å². The van der Waals surface area contributed by atoms with Gasteiger partial charge in [-0.25, -0.2) is 0 Å². The molecule has 2 unspecified atom stereocenters. The minimum absolute atomic E-state index is 0.538. The van der Waals surface area contributed by atoms with Crippen LogP contribution in [0.4, 0.5) is 0 Å². The average Bonchev–Trinajstić information content (AvgIpc) is 2.29. The Morgan fingerprint density at radius 2 is 1.94 bits per heavy atom. The van der Waals surface area contributed by atoms with Crippen molar-refractivity contribution >= 4 is 0 Å². The van der Waals surface area contributed by atoms with Gasteiger partial charge in [0.05, 0.1) is 0 Å². The lowest BCUT2D eigenvalue weighted by Gasteiger charge is -2.40. The Morgan fingerprint density at radius 3 is 2.56 bits per heavy atom. The molecule has 1 nitrogen and oxygen atoms in total. The minimum atomic E-state index is 0.538. The second kappa shape index (κ2) is 6.64. The molecular weight excluding hydrogens is 194 g/mol. The molecule has 0 spiro atoms. The first kappa shape index (κ1) is 14.0. The van der Waals surface area contributed by atoms with E-state index in [4.69, 9.17) is 0 Å². The molecule has 0 aromatic heterocycles. The zero-order valence-corrected chi connectivity index (χ0v) is 11.8. The first-order valence-electron chi connectivity index (χ1n) is 7.30. The van der Waals surface area contributed by atoms with Gasteiger partial charge in [0.15, 0.2) is 0 Å². The van der Waals surface area contributed by atoms with Crippen molar-refractivity contribution in [1.29, 1.82) is 0 Å². The predicted octanol–water partition coefficient (Wildman–Crippen LogP) is 4.23. The summed E-state index contributed by atoms with van der Waals surface area (Å²) in [4.78, 5) is 0. The van der Waals surface area contributed by atoms with E-state index >= 15 is 0 Å². The molecule has 0 aromatic rings. The van der Waals surface area contributed by atoms with Crippen molar-refractivity contribution in [3.05, 3.63) is 0 Å². The highest BCUT2D eigenvalue weighted by Crippen LogP contribution is 2.43. The molecule has 96 valence electrons. The third-order valence-electron chi connectivity index (χ3n) is 4.66. The lowest BCUT2D eigenvalue weighted by molar-refractivity contribution is 0.114. The molecule has 1 saturated carbocycles. The average molecular weight is 225 g/mol. The van der Waals surface area contributed by atoms with Crippen LogP contribution in [0.2, 0.25) is 0 Å². The fraction of sp³-hybridized carbons (Fsp3) is 1.00. The third kappa shape index (κ3) is 4.08. The Morgan fingerprint density at radius 1 is 1.19 bits per heavy atom. The van der Waals surface area contributed by atoms with Crippen LogP contribution in [0, 0.1) is 17.3 Å². The molecule has 0 saturated heterocycles. The molecule has 16 heavy (non-hydrogen) atoms. The van der Waals surface area contributed by atoms with Crippen LogP contribution >= 0.6 is 0 Å². The van der Waals surface area contributed by atoms with Crippen molar-refractivity contribution in [1.82, 2.24) is 5.32 Å². The van der Waals surface area contributed by atoms with Gasteiger partial charge >= 0.3 is 0 Å². The Balaban J connectivity index is 2.40. The first-order valence-corrected chi connectivity index (χ1v) is 7.30. The fourth-order valence-electron chi connectivity index (χ4n) is 3.16. The van der Waals surface area contributed by atoms with E-state index in [1.54, 1.807) is 0 Å². The van der Waals surface area contributed by atoms with E-state index in [1.165, 1.54) is 45.1 Å². The van der Waals surface area contributed by atoms with Gasteiger partial charge in [0.1, 0.15) is 0 Å². The molecule has 0 aromatic carbocycles. The van der Waals surface area contributed by atoms with E-state index in [0.717, 1.165) is 18.4 Å². The summed E-state index contributed by atoms with van der Waals surface area (Å²) in [6.45, 7) is 11.8. The van der Waals surface area contributed by atoms with Gasteiger partial charge in [-0.2, -0.15) is 0 Å². The van der Waals surface area contributed by atoms with Crippen molar-refractivity contribution in [3.63, 3.8) is 0 Å². The van der Waals surface area contributed by atoms with Crippen molar-refractivity contribution < 1.29 is 0 Å². The van der Waals surface area contributed by atoms with E-state index in [-0.39, 0.29) is 0 Å². The molecule has 1 rings (SSSR count). The zero-order valence-electron chi connectivity index (χ0n) is 11.8. The molecule has 1 aliphatic carbocycles. The summed E-state index contributed by atoms with van der Waals surface area (Å²) in [5, 5.41) is 3.47. The Labute approximate surface area is 102 Å². The van der Waals surface area contributed by atoms with Crippen LogP contribution in [0.5, 0.6) is 0 Å². The van der Waals surface area contributed by atoms with E-state index < -0.39 is 0 Å². The summed E-state index contributed by atoms with van der Waals surface area (Å²) < 4.78 is 0. The molecule has 1 N–H and O–H groups in total. The molecule has 1 fully saturated rings. The Bertz CT molecular complexity index is 186. The van der Waals surface area contributed by atoms with Gasteiger partial charge in [-0.05, 0) is 49.6 Å². The van der Waals surface area contributed by atoms with Gasteiger partial charge in [-0.1, -0.05) is 47.0 Å². The maximum atomic E-state index is 3.47. The lowest BCUT2D eigenvalue weighted by atomic mass is 9.66. The number of nitrogens with one attached hydrogen (secondary N) is 1. The van der Waals surface area contributed by atoms with Gasteiger partial charge in [0.2, 0.25) is 0 Å². The van der Waals surface area contributed by atoms with Gasteiger partial charge < -0.3 is 5.32 Å². The lowest BCUT2D eigenvalue weighted by Crippen LogP contribution is -2.32. The molecule has 0 aliphatic heterocycles. The van der Waals surface area contributed by atoms with Crippen molar-refractivity contribution in [2.45, 2.75) is 66.2 Å². The summed E-state index contributed by atoms with van der Waals surface area (Å²) in [6, 6.07) is 0. The molecule has 0 amide bonds. The molecule has 0 heterocycles. The van der Waals surface area contributed by atoms with Crippen LogP contribution in [0.15, 0.2) is 0 Å². The van der Waals surface area contributed by atoms with E-state index in [2.05, 4.69) is 33.0 Å². The van der Waals surface area contributed by atoms with Gasteiger partial charge in [-0.3, -0.25) is 0 Å². The van der Waals surface area contributed by atoms with Gasteiger partial charge in [0, 0.05) is 0 Å². The number of hydrogen-bond acceptors (Lipinski definition) is 1. The summed E-state index contributed by atoms with van der Waals surface area (Å²) in [7, 11) is 0. The first-order chi connectivity index (χ1) is 7.60. The minimum Gasteiger partial charge on any atom is -0.317 e. The Kier molecular flexibility index (Phi) is 5.82. The standard InChI is InChI=1S/C15H31N/c1-5-13-8-7-9-14(12-13)15(3,4)10-11-16-6-2/h13-14,16H,5-12H2,1-4H3. The second-order valence-electron chi connectivity index (χ2n) is 6.23. The SMILES string of the molecule is CCNCCC(C)(C)C1CCCC(CC)C1. The van der Waals surface area contributed by atoms with Crippen LogP contribution < -0.4 is 5.32 Å². The quantitative estimate of drug-likeness (QED) is 0.667. The predicted molar refractivity (Wildman–Crippen MR) is 72.7 cm³/mol. The van der Waals surface area contributed by atoms with Crippen molar-refractivity contribution in [2.75, 3.05) is 13.1 Å². The van der Waals surface area contributed by atoms with E-state index in [9.17, 15) is 0 Å². The monoisotopic (exact) mass is 225 g/mol. The van der Waals surface area contributed by atoms with Crippen molar-refractivity contribution in [2.24, 2.45) is 17.3 Å². The summed E-state index contributed by atoms with van der Waals surface area (Å²) in [5.74, 6) is 1.97. The normalized spacial score (nSPS) is 27.0. The molecule has 1 aliphatic rings. The maximum absolute atomic E-state index is 3.47. The van der Waals surface area contributed by atoms with E-state index in [0.29, 0.717) is 5.41 Å². The largest absolute Gasteiger partial charge is 0.317 e. The highest BCUT2D eigenvalue weighted by atomic mass is 14.8. The Hall–Kier alpha value is -0.0400. The fourth-order valence-corrected chi connectivity index (χ4v) is 3.16. The smallest absolute Gasteiger partial charge is 0.00438 e. The van der Waals surface area contributed by atoms with Gasteiger partial charge in [0.25, 0.3) is 0 Å². The van der Waals surface area contributed by atoms with Crippen LogP contribution in [0.25, 0.3) is 0 Å². The molecule has 0 bridgehead atoms. The summed E-state index contributed by atoms with van der Waals surface area (Å²) in [6.07, 6.45) is 8.62. The topological polar surface area (TPSA) is 12.0 Å². The molecule has 2 atom stereocenters. The highest BCUT2D eigenvalue weighted by Gasteiger charge is 2.32. The van der Waals surface area contributed by atoms with Crippen LogP contribution in [-0.4, -0.2) is 13.1 Å². The third-order valence-corrected chi connectivity index (χ3v) is 4.66. The molecular formula is C15H31N. The summed E-state index contributed by atoms with van der Waals surface area (Å²) in [5.41, 5.74) is 0.538. The van der Waals surface area contributed by atoms with E-state index in [1.807, 2.05) is 0 Å². The maximum Gasteiger partial charge on any atom is -0.00438 e. The second-order valence-corrected chi connectivity index (χ2v) is 6.23. The zero-order chi connectivity index (χ0) is 12.0. The molecule has 0 radical (unpaired) electrons. The van der Waals surface area contributed by atoms with Crippen LogP contribution in [0.1, 0.15) is 66.2 Å². The highest BCUT2D eigenvalue weighted by molar-refractivity contribution is 4.84. The van der Waals surface area contributed by atoms with Crippen molar-refractivity contribution in [3.8, 4) is 0 Å². The molecule has 1 heteroatoms. The number of rotatable bonds is 6.